The molecule has 0 aromatic heterocycles. The molecular weight excluding hydrogens is 447 g/mol. The van der Waals surface area contributed by atoms with Crippen LogP contribution < -0.4 is 4.74 Å². The third-order valence-electron chi connectivity index (χ3n) is 5.00. The number of rotatable bonds is 7. The highest BCUT2D eigenvalue weighted by Crippen LogP contribution is 2.27. The number of hydrogen-bond acceptors (Lipinski definition) is 5. The van der Waals surface area contributed by atoms with Crippen LogP contribution in [0.5, 0.6) is 5.75 Å². The van der Waals surface area contributed by atoms with Crippen molar-refractivity contribution in [1.29, 1.82) is 0 Å². The van der Waals surface area contributed by atoms with Gasteiger partial charge in [-0.3, -0.25) is 4.90 Å². The predicted molar refractivity (Wildman–Crippen MR) is 119 cm³/mol. The van der Waals surface area contributed by atoms with E-state index in [-0.39, 0.29) is 6.61 Å². The topological polar surface area (TPSA) is 70.1 Å². The van der Waals surface area contributed by atoms with Gasteiger partial charge in [-0.1, -0.05) is 40.9 Å². The van der Waals surface area contributed by atoms with Gasteiger partial charge in [0.25, 0.3) is 0 Å². The summed E-state index contributed by atoms with van der Waals surface area (Å²) in [5.41, 5.74) is 1.02. The lowest BCUT2D eigenvalue weighted by Crippen LogP contribution is -2.39. The van der Waals surface area contributed by atoms with Crippen LogP contribution in [0.4, 0.5) is 0 Å². The fourth-order valence-electron chi connectivity index (χ4n) is 3.35. The average Bonchev–Trinajstić information content (AvgIpc) is 2.95. The second kappa shape index (κ2) is 10.3. The minimum absolute atomic E-state index is 0.0714. The Bertz CT molecular complexity index is 954. The van der Waals surface area contributed by atoms with E-state index >= 15 is 0 Å². The van der Waals surface area contributed by atoms with E-state index in [2.05, 4.69) is 4.90 Å². The van der Waals surface area contributed by atoms with Gasteiger partial charge in [-0.05, 0) is 44.2 Å². The lowest BCUT2D eigenvalue weighted by atomic mass is 10.2. The molecule has 2 aromatic rings. The minimum Gasteiger partial charge on any atom is -0.489 e. The van der Waals surface area contributed by atoms with Gasteiger partial charge in [0, 0.05) is 37.3 Å². The zero-order chi connectivity index (χ0) is 21.7. The molecule has 1 saturated heterocycles. The summed E-state index contributed by atoms with van der Waals surface area (Å²) in [6, 6.07) is 11.8. The molecule has 0 bridgehead atoms. The van der Waals surface area contributed by atoms with E-state index in [1.54, 1.807) is 42.5 Å². The Balaban J connectivity index is 1.53. The Morgan fingerprint density at radius 3 is 2.53 bits per heavy atom. The van der Waals surface area contributed by atoms with Gasteiger partial charge >= 0.3 is 0 Å². The number of hydrogen-bond donors (Lipinski definition) is 1. The molecule has 1 unspecified atom stereocenters. The summed E-state index contributed by atoms with van der Waals surface area (Å²) in [6.45, 7) is 4.46. The highest BCUT2D eigenvalue weighted by atomic mass is 35.5. The van der Waals surface area contributed by atoms with E-state index in [1.807, 2.05) is 6.92 Å². The second-order valence-corrected chi connectivity index (χ2v) is 10.2. The van der Waals surface area contributed by atoms with Crippen molar-refractivity contribution in [3.63, 3.8) is 0 Å². The SMILES string of the molecule is Cc1ccc(S(=O)(=O)N2CCCN(CC(O)COc3cc(Cl)ccc3Cl)CC2)cc1. The Labute approximate surface area is 188 Å². The van der Waals surface area contributed by atoms with Gasteiger partial charge in [0.05, 0.1) is 9.92 Å². The van der Waals surface area contributed by atoms with Crippen molar-refractivity contribution in [2.45, 2.75) is 24.3 Å². The van der Waals surface area contributed by atoms with Crippen LogP contribution in [0, 0.1) is 6.92 Å². The fraction of sp³-hybridized carbons (Fsp3) is 0.429. The molecule has 1 atom stereocenters. The van der Waals surface area contributed by atoms with Gasteiger partial charge in [0.1, 0.15) is 18.5 Å². The van der Waals surface area contributed by atoms with Crippen LogP contribution in [0.3, 0.4) is 0 Å². The van der Waals surface area contributed by atoms with Crippen LogP contribution >= 0.6 is 23.2 Å². The van der Waals surface area contributed by atoms with Gasteiger partial charge in [-0.2, -0.15) is 4.31 Å². The molecule has 3 rings (SSSR count). The van der Waals surface area contributed by atoms with Crippen molar-refractivity contribution in [1.82, 2.24) is 9.21 Å². The maximum Gasteiger partial charge on any atom is 0.243 e. The number of nitrogens with zero attached hydrogens (tertiary/aromatic N) is 2. The van der Waals surface area contributed by atoms with Crippen LogP contribution in [-0.4, -0.2) is 68.2 Å². The predicted octanol–water partition coefficient (Wildman–Crippen LogP) is 3.44. The van der Waals surface area contributed by atoms with E-state index in [0.717, 1.165) is 5.56 Å². The van der Waals surface area contributed by atoms with Crippen LogP contribution in [0.15, 0.2) is 47.4 Å². The molecule has 6 nitrogen and oxygen atoms in total. The summed E-state index contributed by atoms with van der Waals surface area (Å²) in [6.07, 6.45) is -0.0426. The fourth-order valence-corrected chi connectivity index (χ4v) is 5.16. The number of halogens is 2. The monoisotopic (exact) mass is 472 g/mol. The van der Waals surface area contributed by atoms with Crippen molar-refractivity contribution in [3.05, 3.63) is 58.1 Å². The maximum absolute atomic E-state index is 12.9. The molecule has 1 N–H and O–H groups in total. The number of β-amino-alcohol motifs (C(OH)–C–C–N with tert-alkyl or cyclic N) is 1. The first-order valence-corrected chi connectivity index (χ1v) is 12.0. The van der Waals surface area contributed by atoms with Crippen molar-refractivity contribution >= 4 is 33.2 Å². The molecule has 1 heterocycles. The summed E-state index contributed by atoms with van der Waals surface area (Å²) < 4.78 is 32.9. The molecule has 0 radical (unpaired) electrons. The van der Waals surface area contributed by atoms with Gasteiger partial charge in [-0.15, -0.1) is 0 Å². The third kappa shape index (κ3) is 6.09. The Morgan fingerprint density at radius 1 is 1.07 bits per heavy atom. The molecule has 0 aliphatic carbocycles. The number of ether oxygens (including phenoxy) is 1. The highest BCUT2D eigenvalue weighted by Gasteiger charge is 2.27. The summed E-state index contributed by atoms with van der Waals surface area (Å²) in [5, 5.41) is 11.3. The number of sulfonamides is 1. The number of aliphatic hydroxyl groups is 1. The maximum atomic E-state index is 12.9. The van der Waals surface area contributed by atoms with Gasteiger partial charge in [-0.25, -0.2) is 8.42 Å². The molecule has 0 saturated carbocycles. The summed E-state index contributed by atoms with van der Waals surface area (Å²) >= 11 is 12.0. The van der Waals surface area contributed by atoms with E-state index in [9.17, 15) is 13.5 Å². The smallest absolute Gasteiger partial charge is 0.243 e. The van der Waals surface area contributed by atoms with Gasteiger partial charge < -0.3 is 9.84 Å². The number of aliphatic hydroxyl groups excluding tert-OH is 1. The van der Waals surface area contributed by atoms with Crippen molar-refractivity contribution in [2.24, 2.45) is 0 Å². The number of aryl methyl sites for hydroxylation is 1. The lowest BCUT2D eigenvalue weighted by Gasteiger charge is -2.24. The second-order valence-electron chi connectivity index (χ2n) is 7.41. The first-order valence-electron chi connectivity index (χ1n) is 9.81. The summed E-state index contributed by atoms with van der Waals surface area (Å²) in [5.74, 6) is 0.425. The molecular formula is C21H26Cl2N2O4S. The van der Waals surface area contributed by atoms with Crippen LogP contribution in [0.1, 0.15) is 12.0 Å². The molecule has 0 amide bonds. The van der Waals surface area contributed by atoms with Crippen LogP contribution in [0.2, 0.25) is 10.0 Å². The highest BCUT2D eigenvalue weighted by molar-refractivity contribution is 7.89. The Kier molecular flexibility index (Phi) is 8.01. The van der Waals surface area contributed by atoms with Gasteiger partial charge in [0.2, 0.25) is 10.0 Å². The molecule has 30 heavy (non-hydrogen) atoms. The summed E-state index contributed by atoms with van der Waals surface area (Å²) in [7, 11) is -3.52. The zero-order valence-corrected chi connectivity index (χ0v) is 19.1. The quantitative estimate of drug-likeness (QED) is 0.668. The first kappa shape index (κ1) is 23.3. The van der Waals surface area contributed by atoms with Crippen LogP contribution in [0.25, 0.3) is 0 Å². The van der Waals surface area contributed by atoms with E-state index < -0.39 is 16.1 Å². The van der Waals surface area contributed by atoms with Gasteiger partial charge in [0.15, 0.2) is 0 Å². The molecule has 2 aromatic carbocycles. The molecule has 1 fully saturated rings. The summed E-state index contributed by atoms with van der Waals surface area (Å²) in [4.78, 5) is 2.37. The molecule has 9 heteroatoms. The molecule has 164 valence electrons. The average molecular weight is 473 g/mol. The third-order valence-corrected chi connectivity index (χ3v) is 7.46. The van der Waals surface area contributed by atoms with Crippen molar-refractivity contribution < 1.29 is 18.3 Å². The normalized spacial score (nSPS) is 17.5. The van der Waals surface area contributed by atoms with E-state index in [4.69, 9.17) is 27.9 Å². The molecule has 1 aliphatic rings. The van der Waals surface area contributed by atoms with Crippen molar-refractivity contribution in [3.8, 4) is 5.75 Å². The first-order chi connectivity index (χ1) is 14.3. The van der Waals surface area contributed by atoms with Crippen LogP contribution in [-0.2, 0) is 10.0 Å². The largest absolute Gasteiger partial charge is 0.489 e. The van der Waals surface area contributed by atoms with E-state index in [1.165, 1.54) is 4.31 Å². The van der Waals surface area contributed by atoms with Crippen molar-refractivity contribution in [2.75, 3.05) is 39.3 Å². The van der Waals surface area contributed by atoms with E-state index in [0.29, 0.717) is 59.8 Å². The Hall–Kier alpha value is -1.35. The Morgan fingerprint density at radius 2 is 1.80 bits per heavy atom. The number of benzene rings is 2. The standard InChI is InChI=1S/C21H26Cl2N2O4S/c1-16-3-6-19(7-4-16)30(27,28)25-10-2-9-24(11-12-25)14-18(26)15-29-21-13-17(22)5-8-20(21)23/h3-8,13,18,26H,2,9-12,14-15H2,1H3. The molecule has 1 aliphatic heterocycles. The molecule has 0 spiro atoms. The lowest BCUT2D eigenvalue weighted by molar-refractivity contribution is 0.0700. The zero-order valence-electron chi connectivity index (χ0n) is 16.8. The minimum atomic E-state index is -3.52.